The van der Waals surface area contributed by atoms with Crippen LogP contribution in [0.3, 0.4) is 0 Å². The summed E-state index contributed by atoms with van der Waals surface area (Å²) in [5.41, 5.74) is 6.12. The Hall–Kier alpha value is -0.940. The van der Waals surface area contributed by atoms with Gasteiger partial charge in [-0.25, -0.2) is 9.67 Å². The minimum absolute atomic E-state index is 0.108. The monoisotopic (exact) mass is 238 g/mol. The van der Waals surface area contributed by atoms with Crippen molar-refractivity contribution < 1.29 is 4.74 Å². The molecule has 0 radical (unpaired) electrons. The first-order chi connectivity index (χ1) is 8.11. The van der Waals surface area contributed by atoms with Crippen LogP contribution >= 0.6 is 0 Å². The van der Waals surface area contributed by atoms with Crippen molar-refractivity contribution in [2.24, 2.45) is 5.73 Å². The van der Waals surface area contributed by atoms with E-state index in [0.29, 0.717) is 19.3 Å². The van der Waals surface area contributed by atoms with Crippen LogP contribution in [0.2, 0.25) is 0 Å². The summed E-state index contributed by atoms with van der Waals surface area (Å²) >= 11 is 0. The molecule has 1 saturated carbocycles. The van der Waals surface area contributed by atoms with Gasteiger partial charge in [0.25, 0.3) is 0 Å². The highest BCUT2D eigenvalue weighted by molar-refractivity contribution is 4.90. The number of ether oxygens (including phenoxy) is 1. The molecule has 5 nitrogen and oxygen atoms in total. The molecule has 1 heterocycles. The molecule has 96 valence electrons. The minimum atomic E-state index is -0.108. The van der Waals surface area contributed by atoms with E-state index >= 15 is 0 Å². The molecule has 0 saturated heterocycles. The van der Waals surface area contributed by atoms with Crippen LogP contribution in [0.5, 0.6) is 0 Å². The summed E-state index contributed by atoms with van der Waals surface area (Å²) in [5.74, 6) is 0.876. The van der Waals surface area contributed by atoms with Gasteiger partial charge in [-0.3, -0.25) is 0 Å². The Kier molecular flexibility index (Phi) is 3.79. The van der Waals surface area contributed by atoms with Gasteiger partial charge in [-0.15, -0.1) is 0 Å². The summed E-state index contributed by atoms with van der Waals surface area (Å²) in [6.45, 7) is 5.29. The van der Waals surface area contributed by atoms with Crippen LogP contribution < -0.4 is 5.73 Å². The van der Waals surface area contributed by atoms with Crippen molar-refractivity contribution in [3.8, 4) is 0 Å². The Morgan fingerprint density at radius 2 is 2.18 bits per heavy atom. The molecule has 0 aromatic carbocycles. The third kappa shape index (κ3) is 3.04. The van der Waals surface area contributed by atoms with E-state index in [2.05, 4.69) is 23.9 Å². The Morgan fingerprint density at radius 1 is 1.47 bits per heavy atom. The molecule has 1 aliphatic rings. The molecular formula is C12H22N4O. The van der Waals surface area contributed by atoms with Crippen molar-refractivity contribution >= 4 is 0 Å². The lowest BCUT2D eigenvalue weighted by atomic mass is 10.0. The highest BCUT2D eigenvalue weighted by atomic mass is 16.5. The van der Waals surface area contributed by atoms with Gasteiger partial charge in [0.15, 0.2) is 5.82 Å². The zero-order chi connectivity index (χ0) is 12.3. The average molecular weight is 238 g/mol. The number of rotatable bonds is 5. The summed E-state index contributed by atoms with van der Waals surface area (Å²) in [6.07, 6.45) is 6.17. The van der Waals surface area contributed by atoms with Crippen molar-refractivity contribution in [2.45, 2.75) is 57.7 Å². The van der Waals surface area contributed by atoms with E-state index < -0.39 is 0 Å². The summed E-state index contributed by atoms with van der Waals surface area (Å²) in [7, 11) is 0. The molecule has 1 fully saturated rings. The van der Waals surface area contributed by atoms with E-state index in [-0.39, 0.29) is 5.54 Å². The molecule has 2 N–H and O–H groups in total. The second kappa shape index (κ2) is 5.14. The molecule has 0 aliphatic heterocycles. The molecule has 1 aromatic rings. The number of hydrogen-bond donors (Lipinski definition) is 1. The van der Waals surface area contributed by atoms with Crippen LogP contribution in [0.1, 0.15) is 51.4 Å². The molecule has 5 heteroatoms. The minimum Gasteiger partial charge on any atom is -0.372 e. The van der Waals surface area contributed by atoms with Crippen molar-refractivity contribution in [3.63, 3.8) is 0 Å². The Bertz CT molecular complexity index is 355. The number of nitrogens with two attached hydrogens (primary N) is 1. The average Bonchev–Trinajstić information content (AvgIpc) is 2.87. The Morgan fingerprint density at radius 3 is 2.82 bits per heavy atom. The van der Waals surface area contributed by atoms with Gasteiger partial charge < -0.3 is 10.5 Å². The van der Waals surface area contributed by atoms with Gasteiger partial charge in [0.1, 0.15) is 12.9 Å². The fourth-order valence-corrected chi connectivity index (χ4v) is 2.38. The molecule has 0 spiro atoms. The van der Waals surface area contributed by atoms with Gasteiger partial charge in [-0.05, 0) is 26.7 Å². The van der Waals surface area contributed by atoms with E-state index in [4.69, 9.17) is 10.5 Å². The van der Waals surface area contributed by atoms with Crippen LogP contribution in [0, 0.1) is 0 Å². The predicted molar refractivity (Wildman–Crippen MR) is 65.4 cm³/mol. The summed E-state index contributed by atoms with van der Waals surface area (Å²) < 4.78 is 7.59. The molecule has 17 heavy (non-hydrogen) atoms. The zero-order valence-corrected chi connectivity index (χ0v) is 10.7. The maximum Gasteiger partial charge on any atom is 0.153 e. The summed E-state index contributed by atoms with van der Waals surface area (Å²) in [6, 6.07) is 0.314. The SMILES string of the molecule is CC(C)n1ncnc1COCC1(N)CCCC1. The van der Waals surface area contributed by atoms with E-state index in [9.17, 15) is 0 Å². The topological polar surface area (TPSA) is 66.0 Å². The Labute approximate surface area is 102 Å². The predicted octanol–water partition coefficient (Wildman–Crippen LogP) is 1.65. The van der Waals surface area contributed by atoms with Gasteiger partial charge in [-0.1, -0.05) is 12.8 Å². The number of nitrogens with zero attached hydrogens (tertiary/aromatic N) is 3. The van der Waals surface area contributed by atoms with E-state index in [1.807, 2.05) is 4.68 Å². The molecule has 1 aromatic heterocycles. The quantitative estimate of drug-likeness (QED) is 0.847. The highest BCUT2D eigenvalue weighted by Crippen LogP contribution is 2.27. The van der Waals surface area contributed by atoms with Gasteiger partial charge >= 0.3 is 0 Å². The molecule has 2 rings (SSSR count). The van der Waals surface area contributed by atoms with Crippen molar-refractivity contribution in [1.82, 2.24) is 14.8 Å². The first kappa shape index (κ1) is 12.5. The molecule has 0 atom stereocenters. The van der Waals surface area contributed by atoms with Crippen LogP contribution in [0.25, 0.3) is 0 Å². The molecule has 0 bridgehead atoms. The van der Waals surface area contributed by atoms with E-state index in [0.717, 1.165) is 18.7 Å². The third-order valence-electron chi connectivity index (χ3n) is 3.36. The molecule has 0 unspecified atom stereocenters. The molecule has 1 aliphatic carbocycles. The number of hydrogen-bond acceptors (Lipinski definition) is 4. The van der Waals surface area contributed by atoms with Crippen molar-refractivity contribution in [2.75, 3.05) is 6.61 Å². The lowest BCUT2D eigenvalue weighted by Gasteiger charge is -2.23. The highest BCUT2D eigenvalue weighted by Gasteiger charge is 2.29. The van der Waals surface area contributed by atoms with E-state index in [1.165, 1.54) is 12.8 Å². The number of aromatic nitrogens is 3. The standard InChI is InChI=1S/C12H22N4O/c1-10(2)16-11(14-9-15-16)7-17-8-12(13)5-3-4-6-12/h9-10H,3-8,13H2,1-2H3. The Balaban J connectivity index is 1.83. The molecular weight excluding hydrogens is 216 g/mol. The van der Waals surface area contributed by atoms with Gasteiger partial charge in [0, 0.05) is 11.6 Å². The van der Waals surface area contributed by atoms with Gasteiger partial charge in [-0.2, -0.15) is 5.10 Å². The van der Waals surface area contributed by atoms with Crippen LogP contribution in [0.15, 0.2) is 6.33 Å². The maximum absolute atomic E-state index is 6.23. The van der Waals surface area contributed by atoms with Crippen LogP contribution in [0.4, 0.5) is 0 Å². The lowest BCUT2D eigenvalue weighted by Crippen LogP contribution is -2.41. The third-order valence-corrected chi connectivity index (χ3v) is 3.36. The van der Waals surface area contributed by atoms with Gasteiger partial charge in [0.05, 0.1) is 6.61 Å². The summed E-state index contributed by atoms with van der Waals surface area (Å²) in [5, 5.41) is 4.18. The fourth-order valence-electron chi connectivity index (χ4n) is 2.38. The second-order valence-corrected chi connectivity index (χ2v) is 5.28. The first-order valence-electron chi connectivity index (χ1n) is 6.36. The normalized spacial score (nSPS) is 19.1. The maximum atomic E-state index is 6.23. The fraction of sp³-hybridized carbons (Fsp3) is 0.833. The smallest absolute Gasteiger partial charge is 0.153 e. The van der Waals surface area contributed by atoms with Gasteiger partial charge in [0.2, 0.25) is 0 Å². The largest absolute Gasteiger partial charge is 0.372 e. The zero-order valence-electron chi connectivity index (χ0n) is 10.7. The first-order valence-corrected chi connectivity index (χ1v) is 6.36. The van der Waals surface area contributed by atoms with E-state index in [1.54, 1.807) is 6.33 Å². The summed E-state index contributed by atoms with van der Waals surface area (Å²) in [4.78, 5) is 4.21. The second-order valence-electron chi connectivity index (χ2n) is 5.28. The van der Waals surface area contributed by atoms with Crippen LogP contribution in [-0.2, 0) is 11.3 Å². The van der Waals surface area contributed by atoms with Crippen molar-refractivity contribution in [3.05, 3.63) is 12.2 Å². The molecule has 0 amide bonds. The lowest BCUT2D eigenvalue weighted by molar-refractivity contribution is 0.0681. The van der Waals surface area contributed by atoms with Crippen molar-refractivity contribution in [1.29, 1.82) is 0 Å². The van der Waals surface area contributed by atoms with Crippen LogP contribution in [-0.4, -0.2) is 26.9 Å².